The van der Waals surface area contributed by atoms with E-state index < -0.39 is 20.0 Å². The lowest BCUT2D eigenvalue weighted by molar-refractivity contribution is 0.595. The van der Waals surface area contributed by atoms with Gasteiger partial charge in [-0.3, -0.25) is 4.72 Å². The Bertz CT molecular complexity index is 890. The number of halogens is 1. The van der Waals surface area contributed by atoms with Crippen molar-refractivity contribution >= 4 is 37.3 Å². The normalized spacial score (nSPS) is 12.3. The van der Waals surface area contributed by atoms with Crippen LogP contribution in [0.5, 0.6) is 0 Å². The van der Waals surface area contributed by atoms with E-state index in [0.717, 1.165) is 12.3 Å². The van der Waals surface area contributed by atoms with Crippen LogP contribution in [0.3, 0.4) is 0 Å². The standard InChI is InChI=1S/C10H11ClN4O4S2/c1-6-13-5-10(14-6)21(18,19)15-9-4-7(20(12,16)17)2-3-8(9)11/h2-5,15H,1H3,(H,13,14)(H2,12,16,17). The van der Waals surface area contributed by atoms with Crippen LogP contribution in [0.15, 0.2) is 34.3 Å². The van der Waals surface area contributed by atoms with E-state index >= 15 is 0 Å². The van der Waals surface area contributed by atoms with Gasteiger partial charge in [-0.05, 0) is 25.1 Å². The maximum absolute atomic E-state index is 12.1. The first kappa shape index (κ1) is 15.8. The fourth-order valence-electron chi connectivity index (χ4n) is 1.49. The fraction of sp³-hybridized carbons (Fsp3) is 0.100. The first-order chi connectivity index (χ1) is 9.59. The lowest BCUT2D eigenvalue weighted by Gasteiger charge is -2.09. The van der Waals surface area contributed by atoms with E-state index in [2.05, 4.69) is 14.7 Å². The van der Waals surface area contributed by atoms with Gasteiger partial charge in [-0.1, -0.05) is 11.6 Å². The summed E-state index contributed by atoms with van der Waals surface area (Å²) < 4.78 is 48.9. The highest BCUT2D eigenvalue weighted by atomic mass is 35.5. The van der Waals surface area contributed by atoms with E-state index in [-0.39, 0.29) is 20.6 Å². The third kappa shape index (κ3) is 3.53. The molecule has 0 aliphatic rings. The molecule has 0 fully saturated rings. The molecule has 0 atom stereocenters. The van der Waals surface area contributed by atoms with Crippen LogP contribution in [-0.4, -0.2) is 26.8 Å². The molecule has 0 radical (unpaired) electrons. The van der Waals surface area contributed by atoms with E-state index in [4.69, 9.17) is 16.7 Å². The van der Waals surface area contributed by atoms with Crippen molar-refractivity contribution in [3.05, 3.63) is 35.2 Å². The van der Waals surface area contributed by atoms with Crippen molar-refractivity contribution in [1.82, 2.24) is 9.97 Å². The monoisotopic (exact) mass is 350 g/mol. The fourth-order valence-corrected chi connectivity index (χ4v) is 3.30. The molecule has 11 heteroatoms. The number of H-pyrrole nitrogens is 1. The van der Waals surface area contributed by atoms with E-state index in [1.807, 2.05) is 0 Å². The maximum atomic E-state index is 12.1. The number of imidazole rings is 1. The smallest absolute Gasteiger partial charge is 0.279 e. The number of rotatable bonds is 4. The molecule has 0 amide bonds. The minimum Gasteiger partial charge on any atom is -0.332 e. The molecule has 4 N–H and O–H groups in total. The number of nitrogens with two attached hydrogens (primary N) is 1. The second kappa shape index (κ2) is 5.30. The molecule has 1 aromatic carbocycles. The molecule has 0 spiro atoms. The predicted octanol–water partition coefficient (Wildman–Crippen LogP) is 0.820. The Hall–Kier alpha value is -1.62. The van der Waals surface area contributed by atoms with Crippen molar-refractivity contribution in [2.75, 3.05) is 4.72 Å². The Morgan fingerprint density at radius 3 is 2.48 bits per heavy atom. The quantitative estimate of drug-likeness (QED) is 0.750. The molecular formula is C10H11ClN4O4S2. The zero-order valence-electron chi connectivity index (χ0n) is 10.7. The number of nitrogens with one attached hydrogen (secondary N) is 2. The lowest BCUT2D eigenvalue weighted by atomic mass is 10.3. The number of aromatic amines is 1. The molecule has 2 aromatic rings. The average Bonchev–Trinajstić information content (AvgIpc) is 2.78. The third-order valence-electron chi connectivity index (χ3n) is 2.48. The molecule has 2 rings (SSSR count). The van der Waals surface area contributed by atoms with Gasteiger partial charge in [0.1, 0.15) is 5.82 Å². The predicted molar refractivity (Wildman–Crippen MR) is 77.0 cm³/mol. The van der Waals surface area contributed by atoms with Crippen molar-refractivity contribution in [3.63, 3.8) is 0 Å². The number of anilines is 1. The second-order valence-electron chi connectivity index (χ2n) is 4.13. The van der Waals surface area contributed by atoms with Crippen LogP contribution >= 0.6 is 11.6 Å². The van der Waals surface area contributed by atoms with Crippen molar-refractivity contribution in [3.8, 4) is 0 Å². The molecule has 0 saturated carbocycles. The van der Waals surface area contributed by atoms with Crippen molar-refractivity contribution in [1.29, 1.82) is 0 Å². The third-order valence-corrected chi connectivity index (χ3v) is 5.00. The first-order valence-electron chi connectivity index (χ1n) is 5.46. The summed E-state index contributed by atoms with van der Waals surface area (Å²) in [6.45, 7) is 1.59. The lowest BCUT2D eigenvalue weighted by Crippen LogP contribution is -2.16. The summed E-state index contributed by atoms with van der Waals surface area (Å²) in [6, 6.07) is 3.45. The summed E-state index contributed by atoms with van der Waals surface area (Å²) in [4.78, 5) is 6.07. The van der Waals surface area contributed by atoms with E-state index in [1.54, 1.807) is 6.92 Å². The summed E-state index contributed by atoms with van der Waals surface area (Å²) in [5, 5.41) is 4.85. The van der Waals surface area contributed by atoms with Gasteiger partial charge in [0.25, 0.3) is 10.0 Å². The number of sulfonamides is 2. The topological polar surface area (TPSA) is 135 Å². The zero-order chi connectivity index (χ0) is 15.8. The summed E-state index contributed by atoms with van der Waals surface area (Å²) in [6.07, 6.45) is 1.13. The number of primary sulfonamides is 1. The molecule has 21 heavy (non-hydrogen) atoms. The Morgan fingerprint density at radius 1 is 1.29 bits per heavy atom. The second-order valence-corrected chi connectivity index (χ2v) is 7.74. The number of benzene rings is 1. The van der Waals surface area contributed by atoms with E-state index in [1.165, 1.54) is 12.1 Å². The van der Waals surface area contributed by atoms with Gasteiger partial charge in [0.15, 0.2) is 5.03 Å². The van der Waals surface area contributed by atoms with Crippen LogP contribution in [0, 0.1) is 6.92 Å². The molecule has 1 aromatic heterocycles. The Morgan fingerprint density at radius 2 is 1.95 bits per heavy atom. The van der Waals surface area contributed by atoms with Gasteiger partial charge in [0.05, 0.1) is 21.8 Å². The average molecular weight is 351 g/mol. The molecule has 1 heterocycles. The number of hydrogen-bond acceptors (Lipinski definition) is 5. The zero-order valence-corrected chi connectivity index (χ0v) is 13.1. The number of aryl methyl sites for hydroxylation is 1. The minimum absolute atomic E-state index is 0.0298. The Labute approximate surface area is 126 Å². The van der Waals surface area contributed by atoms with Crippen LogP contribution in [0.2, 0.25) is 5.02 Å². The van der Waals surface area contributed by atoms with E-state index in [9.17, 15) is 16.8 Å². The summed E-state index contributed by atoms with van der Waals surface area (Å²) in [5.74, 6) is 0.416. The molecule has 0 bridgehead atoms. The number of nitrogens with zero attached hydrogens (tertiary/aromatic N) is 1. The van der Waals surface area contributed by atoms with Crippen LogP contribution in [0.4, 0.5) is 5.69 Å². The summed E-state index contributed by atoms with van der Waals surface area (Å²) >= 11 is 5.86. The highest BCUT2D eigenvalue weighted by molar-refractivity contribution is 7.92. The molecule has 0 unspecified atom stereocenters. The van der Waals surface area contributed by atoms with Crippen molar-refractivity contribution in [2.24, 2.45) is 5.14 Å². The minimum atomic E-state index is -3.97. The number of aromatic nitrogens is 2. The molecule has 114 valence electrons. The molecular weight excluding hydrogens is 340 g/mol. The van der Waals surface area contributed by atoms with Crippen LogP contribution < -0.4 is 9.86 Å². The number of hydrogen-bond donors (Lipinski definition) is 3. The van der Waals surface area contributed by atoms with Crippen LogP contribution in [0.25, 0.3) is 0 Å². The summed E-state index contributed by atoms with van der Waals surface area (Å²) in [7, 11) is -7.94. The van der Waals surface area contributed by atoms with Gasteiger partial charge in [-0.15, -0.1) is 0 Å². The Kier molecular flexibility index (Phi) is 3.97. The highest BCUT2D eigenvalue weighted by Gasteiger charge is 2.19. The van der Waals surface area contributed by atoms with Crippen molar-refractivity contribution in [2.45, 2.75) is 16.8 Å². The summed E-state index contributed by atoms with van der Waals surface area (Å²) in [5.41, 5.74) is -0.101. The first-order valence-corrected chi connectivity index (χ1v) is 8.87. The maximum Gasteiger partial charge on any atom is 0.279 e. The van der Waals surface area contributed by atoms with Crippen LogP contribution in [-0.2, 0) is 20.0 Å². The Balaban J connectivity index is 2.44. The van der Waals surface area contributed by atoms with Gasteiger partial charge in [-0.2, -0.15) is 8.42 Å². The largest absolute Gasteiger partial charge is 0.332 e. The molecule has 8 nitrogen and oxygen atoms in total. The van der Waals surface area contributed by atoms with Gasteiger partial charge in [0.2, 0.25) is 10.0 Å². The van der Waals surface area contributed by atoms with Gasteiger partial charge >= 0.3 is 0 Å². The molecule has 0 saturated heterocycles. The van der Waals surface area contributed by atoms with Gasteiger partial charge < -0.3 is 4.98 Å². The van der Waals surface area contributed by atoms with E-state index in [0.29, 0.717) is 5.82 Å². The van der Waals surface area contributed by atoms with Crippen molar-refractivity contribution < 1.29 is 16.8 Å². The molecule has 0 aliphatic heterocycles. The molecule has 0 aliphatic carbocycles. The highest BCUT2D eigenvalue weighted by Crippen LogP contribution is 2.26. The van der Waals surface area contributed by atoms with Gasteiger partial charge in [0, 0.05) is 0 Å². The van der Waals surface area contributed by atoms with Crippen LogP contribution in [0.1, 0.15) is 5.82 Å². The SMILES string of the molecule is Cc1ncc(S(=O)(=O)Nc2cc(S(N)(=O)=O)ccc2Cl)[nH]1. The van der Waals surface area contributed by atoms with Gasteiger partial charge in [-0.25, -0.2) is 18.5 Å².